The summed E-state index contributed by atoms with van der Waals surface area (Å²) in [5, 5.41) is 5.39. The minimum Gasteiger partial charge on any atom is -0.453 e. The largest absolute Gasteiger partial charge is 0.453 e. The number of hydrogen-bond acceptors (Lipinski definition) is 10. The van der Waals surface area contributed by atoms with Crippen LogP contribution in [0.4, 0.5) is 21.2 Å². The molecule has 4 amide bonds. The third-order valence-electron chi connectivity index (χ3n) is 10.8. The van der Waals surface area contributed by atoms with E-state index in [0.717, 1.165) is 78.1 Å². The van der Waals surface area contributed by atoms with Crippen LogP contribution in [0.2, 0.25) is 0 Å². The highest BCUT2D eigenvalue weighted by Crippen LogP contribution is 2.34. The molecule has 4 aromatic rings. The molecule has 56 heavy (non-hydrogen) atoms. The number of rotatable bonds is 13. The SMILES string of the molecule is COC(=O)NC(C(=O)N1CCCC1c1ncc(N(C)c2ccc(CCc3ccc4nc(C5CCCN5C(=O)C(NC(=O)OC)C(C)C)[nH]c4c3)cn2)[nH]1)C(C)C. The molecular weight excluding hydrogens is 717 g/mol. The Hall–Kier alpha value is -5.67. The van der Waals surface area contributed by atoms with Crippen LogP contribution < -0.4 is 15.5 Å². The van der Waals surface area contributed by atoms with Crippen molar-refractivity contribution in [1.82, 2.24) is 45.4 Å². The fraction of sp³-hybridized carbons (Fsp3) is 0.525. The number of imidazole rings is 2. The molecule has 4 atom stereocenters. The highest BCUT2D eigenvalue weighted by molar-refractivity contribution is 5.87. The Morgan fingerprint density at radius 1 is 0.786 bits per heavy atom. The number of amides is 4. The minimum atomic E-state index is -0.696. The molecule has 16 heteroatoms. The number of carbonyl (C=O) groups is 4. The van der Waals surface area contributed by atoms with Gasteiger partial charge in [-0.15, -0.1) is 0 Å². The predicted octanol–water partition coefficient (Wildman–Crippen LogP) is 5.32. The van der Waals surface area contributed by atoms with Gasteiger partial charge in [-0.1, -0.05) is 39.8 Å². The summed E-state index contributed by atoms with van der Waals surface area (Å²) >= 11 is 0. The Morgan fingerprint density at radius 2 is 1.36 bits per heavy atom. The summed E-state index contributed by atoms with van der Waals surface area (Å²) in [6, 6.07) is 8.47. The molecule has 2 aliphatic rings. The van der Waals surface area contributed by atoms with Crippen LogP contribution in [0.25, 0.3) is 11.0 Å². The molecule has 16 nitrogen and oxygen atoms in total. The molecule has 1 aromatic carbocycles. The summed E-state index contributed by atoms with van der Waals surface area (Å²) < 4.78 is 9.51. The van der Waals surface area contributed by atoms with Crippen LogP contribution in [0, 0.1) is 11.8 Å². The van der Waals surface area contributed by atoms with E-state index in [-0.39, 0.29) is 35.7 Å². The Bertz CT molecular complexity index is 2010. The molecule has 0 spiro atoms. The lowest BCUT2D eigenvalue weighted by atomic mass is 10.0. The summed E-state index contributed by atoms with van der Waals surface area (Å²) in [5.74, 6) is 2.44. The van der Waals surface area contributed by atoms with Crippen molar-refractivity contribution in [2.75, 3.05) is 39.3 Å². The van der Waals surface area contributed by atoms with E-state index in [1.165, 1.54) is 14.2 Å². The maximum atomic E-state index is 13.6. The number of likely N-dealkylation sites (tertiary alicyclic amines) is 2. The number of carbonyl (C=O) groups excluding carboxylic acids is 4. The number of methoxy groups -OCH3 is 2. The second-order valence-electron chi connectivity index (χ2n) is 15.3. The summed E-state index contributed by atoms with van der Waals surface area (Å²) in [7, 11) is 4.50. The molecule has 4 unspecified atom stereocenters. The maximum Gasteiger partial charge on any atom is 0.407 e. The number of H-pyrrole nitrogens is 2. The van der Waals surface area contributed by atoms with Gasteiger partial charge in [0.05, 0.1) is 43.5 Å². The van der Waals surface area contributed by atoms with E-state index in [0.29, 0.717) is 18.9 Å². The third kappa shape index (κ3) is 8.74. The first-order chi connectivity index (χ1) is 26.9. The van der Waals surface area contributed by atoms with Crippen LogP contribution in [-0.2, 0) is 31.9 Å². The number of nitrogens with one attached hydrogen (secondary N) is 4. The zero-order valence-electron chi connectivity index (χ0n) is 33.3. The summed E-state index contributed by atoms with van der Waals surface area (Å²) in [6.45, 7) is 8.78. The topological polar surface area (TPSA) is 191 Å². The van der Waals surface area contributed by atoms with Gasteiger partial charge in [0.1, 0.15) is 35.4 Å². The second-order valence-corrected chi connectivity index (χ2v) is 15.3. The molecule has 2 fully saturated rings. The quantitative estimate of drug-likeness (QED) is 0.138. The van der Waals surface area contributed by atoms with Crippen molar-refractivity contribution in [1.29, 1.82) is 0 Å². The zero-order valence-corrected chi connectivity index (χ0v) is 33.3. The monoisotopic (exact) mass is 770 g/mol. The second kappa shape index (κ2) is 17.4. The highest BCUT2D eigenvalue weighted by atomic mass is 16.5. The van der Waals surface area contributed by atoms with E-state index in [2.05, 4.69) is 43.8 Å². The van der Waals surface area contributed by atoms with Gasteiger partial charge in [0, 0.05) is 26.3 Å². The number of alkyl carbamates (subject to hydrolysis) is 2. The normalized spacial score (nSPS) is 18.0. The number of ether oxygens (including phenoxy) is 2. The van der Waals surface area contributed by atoms with Gasteiger partial charge in [0.2, 0.25) is 11.8 Å². The number of aromatic nitrogens is 5. The number of fused-ring (bicyclic) bond motifs is 1. The van der Waals surface area contributed by atoms with Gasteiger partial charge >= 0.3 is 12.2 Å². The molecule has 4 N–H and O–H groups in total. The first kappa shape index (κ1) is 40.0. The number of aromatic amines is 2. The number of benzene rings is 1. The lowest BCUT2D eigenvalue weighted by Gasteiger charge is -2.30. The summed E-state index contributed by atoms with van der Waals surface area (Å²) in [6.07, 6.45) is 7.23. The Kier molecular flexibility index (Phi) is 12.4. The van der Waals surface area contributed by atoms with Crippen LogP contribution in [0.1, 0.15) is 88.2 Å². The van der Waals surface area contributed by atoms with Gasteiger partial charge in [-0.25, -0.2) is 24.5 Å². The van der Waals surface area contributed by atoms with Gasteiger partial charge in [0.15, 0.2) is 0 Å². The zero-order chi connectivity index (χ0) is 40.1. The molecule has 3 aromatic heterocycles. The molecule has 0 bridgehead atoms. The van der Waals surface area contributed by atoms with Gasteiger partial charge < -0.3 is 44.8 Å². The van der Waals surface area contributed by atoms with E-state index in [9.17, 15) is 19.2 Å². The fourth-order valence-electron chi connectivity index (χ4n) is 7.62. The molecule has 2 aliphatic heterocycles. The molecule has 0 saturated carbocycles. The standard InChI is InChI=1S/C40H54N10O6/c1-23(2)33(46-39(53)55-6)37(51)49-18-8-10-29(49)35-42-22-32(45-35)48(5)31-17-15-26(21-41-31)13-12-25-14-16-27-28(20-25)44-36(43-27)30-11-9-19-50(30)38(52)34(24(3)4)47-40(54)56-7/h14-17,20-24,29-30,33-34H,8-13,18-19H2,1-7H3,(H,42,45)(H,43,44)(H,46,53)(H,47,54). The van der Waals surface area contributed by atoms with Crippen molar-refractivity contribution in [3.8, 4) is 0 Å². The summed E-state index contributed by atoms with van der Waals surface area (Å²) in [5.41, 5.74) is 4.01. The Balaban J connectivity index is 1.06. The van der Waals surface area contributed by atoms with Gasteiger partial charge in [-0.2, -0.15) is 0 Å². The van der Waals surface area contributed by atoms with Crippen LogP contribution in [0.5, 0.6) is 0 Å². The average Bonchev–Trinajstić information content (AvgIpc) is 4.03. The lowest BCUT2D eigenvalue weighted by molar-refractivity contribution is -0.136. The number of aryl methyl sites for hydroxylation is 2. The van der Waals surface area contributed by atoms with E-state index < -0.39 is 24.3 Å². The molecule has 2 saturated heterocycles. The Morgan fingerprint density at radius 3 is 1.91 bits per heavy atom. The number of nitrogens with zero attached hydrogens (tertiary/aromatic N) is 6. The highest BCUT2D eigenvalue weighted by Gasteiger charge is 2.39. The molecule has 5 heterocycles. The molecule has 300 valence electrons. The minimum absolute atomic E-state index is 0.102. The molecular formula is C40H54N10O6. The molecule has 0 aliphatic carbocycles. The van der Waals surface area contributed by atoms with E-state index in [1.807, 2.05) is 62.9 Å². The van der Waals surface area contributed by atoms with Crippen molar-refractivity contribution in [3.05, 3.63) is 65.5 Å². The van der Waals surface area contributed by atoms with Gasteiger partial charge in [-0.05, 0) is 79.7 Å². The van der Waals surface area contributed by atoms with Crippen LogP contribution in [0.3, 0.4) is 0 Å². The van der Waals surface area contributed by atoms with Crippen molar-refractivity contribution < 1.29 is 28.7 Å². The number of anilines is 2. The van der Waals surface area contributed by atoms with Crippen molar-refractivity contribution in [2.45, 2.75) is 90.4 Å². The number of hydrogen-bond donors (Lipinski definition) is 4. The third-order valence-corrected chi connectivity index (χ3v) is 10.8. The van der Waals surface area contributed by atoms with E-state index in [4.69, 9.17) is 19.4 Å². The van der Waals surface area contributed by atoms with Crippen LogP contribution >= 0.6 is 0 Å². The van der Waals surface area contributed by atoms with Crippen LogP contribution in [-0.4, -0.2) is 105 Å². The number of pyridine rings is 1. The first-order valence-electron chi connectivity index (χ1n) is 19.4. The van der Waals surface area contributed by atoms with Crippen LogP contribution in [0.15, 0.2) is 42.7 Å². The van der Waals surface area contributed by atoms with Gasteiger partial charge in [0.25, 0.3) is 0 Å². The maximum absolute atomic E-state index is 13.6. The van der Waals surface area contributed by atoms with Crippen molar-refractivity contribution in [3.63, 3.8) is 0 Å². The van der Waals surface area contributed by atoms with Crippen molar-refractivity contribution in [2.24, 2.45) is 11.8 Å². The average molecular weight is 771 g/mol. The predicted molar refractivity (Wildman–Crippen MR) is 210 cm³/mol. The molecule has 0 radical (unpaired) electrons. The van der Waals surface area contributed by atoms with Crippen molar-refractivity contribution >= 4 is 46.7 Å². The smallest absolute Gasteiger partial charge is 0.407 e. The molecule has 6 rings (SSSR count). The summed E-state index contributed by atoms with van der Waals surface area (Å²) in [4.78, 5) is 77.7. The van der Waals surface area contributed by atoms with Gasteiger partial charge in [-0.3, -0.25) is 9.59 Å². The van der Waals surface area contributed by atoms with E-state index in [1.54, 1.807) is 11.1 Å². The Labute approximate surface area is 327 Å². The first-order valence-corrected chi connectivity index (χ1v) is 19.4. The van der Waals surface area contributed by atoms with E-state index >= 15 is 0 Å². The lowest BCUT2D eigenvalue weighted by Crippen LogP contribution is -2.51. The fourth-order valence-corrected chi connectivity index (χ4v) is 7.62.